The van der Waals surface area contributed by atoms with Crippen molar-refractivity contribution in [1.82, 2.24) is 18.9 Å². The van der Waals surface area contributed by atoms with Crippen LogP contribution in [0.5, 0.6) is 0 Å². The van der Waals surface area contributed by atoms with Crippen LogP contribution in [0.3, 0.4) is 0 Å². The van der Waals surface area contributed by atoms with E-state index < -0.39 is 0 Å². The highest BCUT2D eigenvalue weighted by atomic mass is 15.1. The third-order valence-corrected chi connectivity index (χ3v) is 11.7. The van der Waals surface area contributed by atoms with Gasteiger partial charge in [-0.05, 0) is 75.7 Å². The fourth-order valence-corrected chi connectivity index (χ4v) is 9.15. The minimum Gasteiger partial charge on any atom is -0.309 e. The fraction of sp³-hybridized carbons (Fsp3) is 0.0189. The molecule has 0 bridgehead atoms. The Labute approximate surface area is 329 Å². The number of hydrogen-bond acceptors (Lipinski definition) is 2. The van der Waals surface area contributed by atoms with Gasteiger partial charge in [0.25, 0.3) is 0 Å². The van der Waals surface area contributed by atoms with Gasteiger partial charge in [0.2, 0.25) is 0 Å². The summed E-state index contributed by atoms with van der Waals surface area (Å²) in [6.45, 7) is 0. The van der Waals surface area contributed by atoms with Gasteiger partial charge >= 0.3 is 0 Å². The maximum atomic E-state index is 5.40. The molecule has 0 spiro atoms. The first-order valence-electron chi connectivity index (χ1n) is 19.5. The van der Waals surface area contributed by atoms with Crippen molar-refractivity contribution in [3.8, 4) is 62.0 Å². The molecule has 0 N–H and O–H groups in total. The Bertz CT molecular complexity index is 3370. The molecule has 266 valence electrons. The Kier molecular flexibility index (Phi) is 6.96. The lowest BCUT2D eigenvalue weighted by atomic mass is 9.98. The second-order valence-corrected chi connectivity index (χ2v) is 15.0. The third kappa shape index (κ3) is 4.94. The average Bonchev–Trinajstić information content (AvgIpc) is 3.94. The topological polar surface area (TPSA) is 35.1 Å². The molecule has 0 saturated carbocycles. The number of benzene rings is 8. The highest BCUT2D eigenvalue weighted by Crippen LogP contribution is 2.42. The van der Waals surface area contributed by atoms with Gasteiger partial charge in [0.15, 0.2) is 5.82 Å². The largest absolute Gasteiger partial charge is 0.309 e. The first-order valence-corrected chi connectivity index (χ1v) is 19.5. The van der Waals surface area contributed by atoms with Gasteiger partial charge in [-0.25, -0.2) is 9.97 Å². The molecule has 0 radical (unpaired) electrons. The molecule has 4 heteroatoms. The van der Waals surface area contributed by atoms with Crippen molar-refractivity contribution in [1.29, 1.82) is 0 Å². The van der Waals surface area contributed by atoms with Crippen molar-refractivity contribution < 1.29 is 0 Å². The molecule has 1 aliphatic carbocycles. The summed E-state index contributed by atoms with van der Waals surface area (Å²) >= 11 is 0. The predicted octanol–water partition coefficient (Wildman–Crippen LogP) is 13.2. The molecule has 0 amide bonds. The Morgan fingerprint density at radius 2 is 1.04 bits per heavy atom. The molecule has 12 rings (SSSR count). The van der Waals surface area contributed by atoms with Gasteiger partial charge in [0.05, 0.1) is 16.7 Å². The summed E-state index contributed by atoms with van der Waals surface area (Å²) in [6, 6.07) is 69.8. The molecule has 1 aliphatic rings. The van der Waals surface area contributed by atoms with Crippen LogP contribution in [0.15, 0.2) is 194 Å². The van der Waals surface area contributed by atoms with Crippen LogP contribution < -0.4 is 0 Å². The molecule has 0 fully saturated rings. The van der Waals surface area contributed by atoms with E-state index >= 15 is 0 Å². The second kappa shape index (κ2) is 12.5. The van der Waals surface area contributed by atoms with Crippen LogP contribution in [0.2, 0.25) is 0 Å². The van der Waals surface area contributed by atoms with E-state index in [9.17, 15) is 0 Å². The molecule has 57 heavy (non-hydrogen) atoms. The van der Waals surface area contributed by atoms with E-state index in [0.717, 1.165) is 56.7 Å². The minimum absolute atomic E-state index is 0.700. The Morgan fingerprint density at radius 1 is 0.386 bits per heavy atom. The lowest BCUT2D eigenvalue weighted by molar-refractivity contribution is 1.05. The van der Waals surface area contributed by atoms with Gasteiger partial charge in [-0.2, -0.15) is 0 Å². The van der Waals surface area contributed by atoms with Crippen LogP contribution in [0, 0.1) is 0 Å². The van der Waals surface area contributed by atoms with Gasteiger partial charge in [-0.1, -0.05) is 164 Å². The number of nitrogens with zero attached hydrogens (tertiary/aromatic N) is 4. The van der Waals surface area contributed by atoms with Gasteiger partial charge in [-0.3, -0.25) is 4.40 Å². The predicted molar refractivity (Wildman–Crippen MR) is 235 cm³/mol. The summed E-state index contributed by atoms with van der Waals surface area (Å²) in [5.74, 6) is 1.55. The van der Waals surface area contributed by atoms with E-state index in [0.29, 0.717) is 5.82 Å². The lowest BCUT2D eigenvalue weighted by Gasteiger charge is -2.14. The zero-order valence-corrected chi connectivity index (χ0v) is 31.0. The van der Waals surface area contributed by atoms with Crippen LogP contribution in [0.25, 0.3) is 100 Å². The van der Waals surface area contributed by atoms with E-state index in [-0.39, 0.29) is 0 Å². The number of hydrogen-bond donors (Lipinski definition) is 0. The molecular formula is C53H34N4. The lowest BCUT2D eigenvalue weighted by Crippen LogP contribution is -2.03. The SMILES string of the molecule is c1ccc(-c2nc(-c3cccc(-n4c5ccccc5c5cc(-c6ccc7c(c6)Cc6ccccc6-7)ccc54)c3)n3c(-c4ccccc4)c4ccccc4c3n2)cc1. The minimum atomic E-state index is 0.700. The normalized spacial score (nSPS) is 12.1. The number of para-hydroxylation sites is 1. The Balaban J connectivity index is 1.06. The standard InChI is InChI=1S/C53H34N4/c1-3-14-34(15-4-1)50-45-23-9-10-24-46(45)53-55-51(35-16-5-2-6-17-35)54-52(57(50)53)39-19-13-20-41(32-39)56-48-25-12-11-22-44(48)47-33-37(27-29-49(47)56)36-26-28-43-40(30-36)31-38-18-7-8-21-42(38)43/h1-30,32-33H,31H2. The highest BCUT2D eigenvalue weighted by molar-refractivity contribution is 6.11. The molecule has 4 nitrogen and oxygen atoms in total. The Morgan fingerprint density at radius 3 is 1.89 bits per heavy atom. The van der Waals surface area contributed by atoms with Crippen LogP contribution >= 0.6 is 0 Å². The third-order valence-electron chi connectivity index (χ3n) is 11.7. The van der Waals surface area contributed by atoms with E-state index in [1.165, 1.54) is 55.2 Å². The van der Waals surface area contributed by atoms with Gasteiger partial charge in [0.1, 0.15) is 11.5 Å². The van der Waals surface area contributed by atoms with E-state index in [1.807, 2.05) is 18.2 Å². The number of rotatable bonds is 5. The number of fused-ring (bicyclic) bond motifs is 9. The summed E-state index contributed by atoms with van der Waals surface area (Å²) in [7, 11) is 0. The maximum absolute atomic E-state index is 5.40. The molecule has 0 saturated heterocycles. The van der Waals surface area contributed by atoms with Crippen molar-refractivity contribution in [2.24, 2.45) is 0 Å². The van der Waals surface area contributed by atoms with Gasteiger partial charge in [0, 0.05) is 38.4 Å². The maximum Gasteiger partial charge on any atom is 0.163 e. The fourth-order valence-electron chi connectivity index (χ4n) is 9.15. The summed E-state index contributed by atoms with van der Waals surface area (Å²) in [6.07, 6.45) is 0.981. The van der Waals surface area contributed by atoms with Gasteiger partial charge in [-0.15, -0.1) is 0 Å². The summed E-state index contributed by atoms with van der Waals surface area (Å²) < 4.78 is 4.66. The zero-order valence-electron chi connectivity index (χ0n) is 31.0. The van der Waals surface area contributed by atoms with E-state index in [1.54, 1.807) is 0 Å². The molecule has 11 aromatic rings. The van der Waals surface area contributed by atoms with Crippen molar-refractivity contribution in [3.05, 3.63) is 205 Å². The quantitative estimate of drug-likeness (QED) is 0.177. The highest BCUT2D eigenvalue weighted by Gasteiger charge is 2.23. The van der Waals surface area contributed by atoms with E-state index in [2.05, 4.69) is 185 Å². The summed E-state index contributed by atoms with van der Waals surface area (Å²) in [4.78, 5) is 10.7. The Hall–Kier alpha value is -7.56. The molecule has 8 aromatic carbocycles. The van der Waals surface area contributed by atoms with Crippen LogP contribution in [-0.2, 0) is 6.42 Å². The monoisotopic (exact) mass is 726 g/mol. The smallest absolute Gasteiger partial charge is 0.163 e. The summed E-state index contributed by atoms with van der Waals surface area (Å²) in [5, 5.41) is 4.70. The molecule has 0 aliphatic heterocycles. The van der Waals surface area contributed by atoms with Crippen LogP contribution in [0.1, 0.15) is 11.1 Å². The second-order valence-electron chi connectivity index (χ2n) is 15.0. The van der Waals surface area contributed by atoms with Crippen molar-refractivity contribution in [2.75, 3.05) is 0 Å². The molecule has 0 atom stereocenters. The van der Waals surface area contributed by atoms with Crippen LogP contribution in [-0.4, -0.2) is 18.9 Å². The summed E-state index contributed by atoms with van der Waals surface area (Å²) in [5.41, 5.74) is 16.5. The average molecular weight is 727 g/mol. The zero-order chi connectivity index (χ0) is 37.5. The first kappa shape index (κ1) is 31.8. The van der Waals surface area contributed by atoms with Gasteiger partial charge < -0.3 is 4.57 Å². The van der Waals surface area contributed by atoms with Crippen molar-refractivity contribution >= 4 is 38.2 Å². The van der Waals surface area contributed by atoms with E-state index in [4.69, 9.17) is 9.97 Å². The molecule has 3 heterocycles. The molecule has 0 unspecified atom stereocenters. The first-order chi connectivity index (χ1) is 28.3. The molecular weight excluding hydrogens is 693 g/mol. The number of aromatic nitrogens is 4. The van der Waals surface area contributed by atoms with Crippen LogP contribution in [0.4, 0.5) is 0 Å². The molecule has 3 aromatic heterocycles. The van der Waals surface area contributed by atoms with Crippen molar-refractivity contribution in [3.63, 3.8) is 0 Å². The van der Waals surface area contributed by atoms with Crippen molar-refractivity contribution in [2.45, 2.75) is 6.42 Å².